The zero-order valence-corrected chi connectivity index (χ0v) is 16.4. The monoisotopic (exact) mass is 397 g/mol. The molecule has 0 saturated carbocycles. The molecule has 28 heavy (non-hydrogen) atoms. The standard InChI is InChI=1S/C21H23N3O3S/c25-21(27-13-19-14-28-15-23-19)24-8-4-16(5-9-24)6-10-26-20-2-1-17-3-7-22-12-18(17)11-20/h1-3,7,11-12,14-16H,4-6,8-10,13H2. The summed E-state index contributed by atoms with van der Waals surface area (Å²) < 4.78 is 11.3. The van der Waals surface area contributed by atoms with Gasteiger partial charge in [-0.1, -0.05) is 6.07 Å². The molecule has 1 aromatic carbocycles. The smallest absolute Gasteiger partial charge is 0.410 e. The minimum absolute atomic E-state index is 0.243. The summed E-state index contributed by atoms with van der Waals surface area (Å²) in [5.41, 5.74) is 2.54. The molecule has 0 atom stereocenters. The van der Waals surface area contributed by atoms with E-state index in [0.717, 1.165) is 54.6 Å². The van der Waals surface area contributed by atoms with Crippen LogP contribution in [0.25, 0.3) is 10.8 Å². The summed E-state index contributed by atoms with van der Waals surface area (Å²) in [6.45, 7) is 2.41. The van der Waals surface area contributed by atoms with Gasteiger partial charge in [-0.3, -0.25) is 4.98 Å². The number of hydrogen-bond acceptors (Lipinski definition) is 6. The number of hydrogen-bond donors (Lipinski definition) is 0. The molecule has 1 aliphatic rings. The summed E-state index contributed by atoms with van der Waals surface area (Å²) in [5.74, 6) is 1.45. The van der Waals surface area contributed by atoms with Crippen LogP contribution in [0.1, 0.15) is 25.0 Å². The second-order valence-corrected chi connectivity index (χ2v) is 7.71. The summed E-state index contributed by atoms with van der Waals surface area (Å²) in [5, 5.41) is 4.15. The molecule has 7 heteroatoms. The Balaban J connectivity index is 1.17. The molecule has 0 spiro atoms. The largest absolute Gasteiger partial charge is 0.494 e. The Morgan fingerprint density at radius 2 is 2.11 bits per heavy atom. The van der Waals surface area contributed by atoms with Crippen molar-refractivity contribution in [1.29, 1.82) is 0 Å². The van der Waals surface area contributed by atoms with E-state index in [9.17, 15) is 4.79 Å². The molecule has 1 aliphatic heterocycles. The Labute approximate surface area is 168 Å². The highest BCUT2D eigenvalue weighted by molar-refractivity contribution is 7.07. The predicted octanol–water partition coefficient (Wildman–Crippen LogP) is 4.51. The van der Waals surface area contributed by atoms with E-state index in [0.29, 0.717) is 12.5 Å². The van der Waals surface area contributed by atoms with Gasteiger partial charge >= 0.3 is 6.09 Å². The lowest BCUT2D eigenvalue weighted by Gasteiger charge is -2.31. The van der Waals surface area contributed by atoms with Gasteiger partial charge in [0, 0.05) is 36.2 Å². The van der Waals surface area contributed by atoms with E-state index in [1.165, 1.54) is 11.3 Å². The molecule has 146 valence electrons. The van der Waals surface area contributed by atoms with Gasteiger partial charge in [-0.2, -0.15) is 0 Å². The predicted molar refractivity (Wildman–Crippen MR) is 108 cm³/mol. The third kappa shape index (κ3) is 4.78. The molecule has 0 radical (unpaired) electrons. The van der Waals surface area contributed by atoms with Gasteiger partial charge in [-0.25, -0.2) is 9.78 Å². The van der Waals surface area contributed by atoms with Crippen LogP contribution in [0.15, 0.2) is 47.5 Å². The van der Waals surface area contributed by atoms with Crippen molar-refractivity contribution in [3.05, 3.63) is 53.2 Å². The number of likely N-dealkylation sites (tertiary alicyclic amines) is 1. The number of carbonyl (C=O) groups excluding carboxylic acids is 1. The zero-order valence-electron chi connectivity index (χ0n) is 15.6. The van der Waals surface area contributed by atoms with E-state index in [-0.39, 0.29) is 12.7 Å². The molecule has 3 aromatic rings. The maximum Gasteiger partial charge on any atom is 0.410 e. The van der Waals surface area contributed by atoms with Crippen LogP contribution in [0, 0.1) is 5.92 Å². The summed E-state index contributed by atoms with van der Waals surface area (Å²) in [6.07, 6.45) is 6.36. The van der Waals surface area contributed by atoms with Crippen molar-refractivity contribution in [2.75, 3.05) is 19.7 Å². The van der Waals surface area contributed by atoms with Gasteiger partial charge < -0.3 is 14.4 Å². The maximum absolute atomic E-state index is 12.2. The number of pyridine rings is 1. The van der Waals surface area contributed by atoms with Crippen LogP contribution in [-0.2, 0) is 11.3 Å². The molecule has 6 nitrogen and oxygen atoms in total. The molecule has 2 aromatic heterocycles. The van der Waals surface area contributed by atoms with Crippen LogP contribution in [-0.4, -0.2) is 40.7 Å². The van der Waals surface area contributed by atoms with Crippen LogP contribution in [0.5, 0.6) is 5.75 Å². The number of aromatic nitrogens is 2. The molecule has 3 heterocycles. The number of amides is 1. The first-order valence-corrected chi connectivity index (χ1v) is 10.5. The average molecular weight is 398 g/mol. The van der Waals surface area contributed by atoms with Gasteiger partial charge in [0.15, 0.2) is 0 Å². The number of nitrogens with zero attached hydrogens (tertiary/aromatic N) is 3. The van der Waals surface area contributed by atoms with Crippen molar-refractivity contribution in [2.24, 2.45) is 5.92 Å². The van der Waals surface area contributed by atoms with Crippen LogP contribution >= 0.6 is 11.3 Å². The van der Waals surface area contributed by atoms with Crippen molar-refractivity contribution in [2.45, 2.75) is 25.9 Å². The fraction of sp³-hybridized carbons (Fsp3) is 0.381. The number of piperidine rings is 1. The van der Waals surface area contributed by atoms with E-state index in [1.54, 1.807) is 16.6 Å². The van der Waals surface area contributed by atoms with Gasteiger partial charge in [0.25, 0.3) is 0 Å². The van der Waals surface area contributed by atoms with E-state index >= 15 is 0 Å². The van der Waals surface area contributed by atoms with Crippen molar-refractivity contribution < 1.29 is 14.3 Å². The van der Waals surface area contributed by atoms with Crippen molar-refractivity contribution in [3.8, 4) is 5.75 Å². The van der Waals surface area contributed by atoms with Crippen LogP contribution < -0.4 is 4.74 Å². The highest BCUT2D eigenvalue weighted by Crippen LogP contribution is 2.23. The highest BCUT2D eigenvalue weighted by Gasteiger charge is 2.23. The number of benzene rings is 1. The number of rotatable bonds is 6. The first-order chi connectivity index (χ1) is 13.8. The molecule has 1 saturated heterocycles. The first-order valence-electron chi connectivity index (χ1n) is 9.53. The van der Waals surface area contributed by atoms with Crippen LogP contribution in [0.2, 0.25) is 0 Å². The molecule has 0 N–H and O–H groups in total. The van der Waals surface area contributed by atoms with E-state index in [4.69, 9.17) is 9.47 Å². The number of thiazole rings is 1. The number of carbonyl (C=O) groups is 1. The summed E-state index contributed by atoms with van der Waals surface area (Å²) in [4.78, 5) is 22.2. The Morgan fingerprint density at radius 1 is 1.21 bits per heavy atom. The molecular weight excluding hydrogens is 374 g/mol. The maximum atomic E-state index is 12.2. The highest BCUT2D eigenvalue weighted by atomic mass is 32.1. The molecular formula is C21H23N3O3S. The molecule has 1 amide bonds. The van der Waals surface area contributed by atoms with Gasteiger partial charge in [0.2, 0.25) is 0 Å². The van der Waals surface area contributed by atoms with E-state index < -0.39 is 0 Å². The molecule has 1 fully saturated rings. The van der Waals surface area contributed by atoms with E-state index in [1.807, 2.05) is 29.8 Å². The second-order valence-electron chi connectivity index (χ2n) is 6.99. The van der Waals surface area contributed by atoms with Gasteiger partial charge in [-0.05, 0) is 48.8 Å². The van der Waals surface area contributed by atoms with Crippen molar-refractivity contribution in [3.63, 3.8) is 0 Å². The summed E-state index contributed by atoms with van der Waals surface area (Å²) in [6, 6.07) is 8.09. The zero-order chi connectivity index (χ0) is 19.2. The van der Waals surface area contributed by atoms with Crippen LogP contribution in [0.3, 0.4) is 0 Å². The Hall–Kier alpha value is -2.67. The topological polar surface area (TPSA) is 64.5 Å². The fourth-order valence-electron chi connectivity index (χ4n) is 3.44. The lowest BCUT2D eigenvalue weighted by Crippen LogP contribution is -2.39. The quantitative estimate of drug-likeness (QED) is 0.612. The Bertz CT molecular complexity index is 908. The molecule has 4 rings (SSSR count). The van der Waals surface area contributed by atoms with Gasteiger partial charge in [0.05, 0.1) is 17.8 Å². The minimum Gasteiger partial charge on any atom is -0.494 e. The molecule has 0 unspecified atom stereocenters. The second kappa shape index (κ2) is 9.01. The van der Waals surface area contributed by atoms with Gasteiger partial charge in [0.1, 0.15) is 12.4 Å². The van der Waals surface area contributed by atoms with Crippen molar-refractivity contribution >= 4 is 28.2 Å². The lowest BCUT2D eigenvalue weighted by molar-refractivity contribution is 0.0792. The molecule has 0 aliphatic carbocycles. The normalized spacial score (nSPS) is 14.9. The minimum atomic E-state index is -0.243. The summed E-state index contributed by atoms with van der Waals surface area (Å²) in [7, 11) is 0. The lowest BCUT2D eigenvalue weighted by atomic mass is 9.94. The molecule has 0 bridgehead atoms. The Morgan fingerprint density at radius 3 is 2.93 bits per heavy atom. The number of fused-ring (bicyclic) bond motifs is 1. The van der Waals surface area contributed by atoms with Crippen LogP contribution in [0.4, 0.5) is 4.79 Å². The van der Waals surface area contributed by atoms with Crippen molar-refractivity contribution in [1.82, 2.24) is 14.9 Å². The fourth-order valence-corrected chi connectivity index (χ4v) is 3.98. The van der Waals surface area contributed by atoms with E-state index in [2.05, 4.69) is 16.0 Å². The summed E-state index contributed by atoms with van der Waals surface area (Å²) >= 11 is 1.50. The first kappa shape index (κ1) is 18.7. The average Bonchev–Trinajstić information content (AvgIpc) is 3.26. The third-order valence-corrected chi connectivity index (χ3v) is 5.74. The van der Waals surface area contributed by atoms with Gasteiger partial charge in [-0.15, -0.1) is 11.3 Å². The Kier molecular flexibility index (Phi) is 6.01. The number of ether oxygens (including phenoxy) is 2. The SMILES string of the molecule is O=C(OCc1cscn1)N1CCC(CCOc2ccc3ccncc3c2)CC1. The third-order valence-electron chi connectivity index (χ3n) is 5.11.